The van der Waals surface area contributed by atoms with Crippen LogP contribution in [0.4, 0.5) is 11.6 Å². The number of amides is 1. The van der Waals surface area contributed by atoms with Crippen molar-refractivity contribution in [1.29, 1.82) is 0 Å². The van der Waals surface area contributed by atoms with E-state index >= 15 is 0 Å². The number of benzene rings is 3. The van der Waals surface area contributed by atoms with E-state index in [1.165, 1.54) is 11.8 Å². The molecule has 2 N–H and O–H groups in total. The molecule has 0 radical (unpaired) electrons. The number of methoxy groups -OCH3 is 1. The van der Waals surface area contributed by atoms with E-state index in [0.29, 0.717) is 62.9 Å². The molecule has 5 rings (SSSR count). The van der Waals surface area contributed by atoms with E-state index in [1.807, 2.05) is 79.7 Å². The zero-order valence-electron chi connectivity index (χ0n) is 24.1. The van der Waals surface area contributed by atoms with Gasteiger partial charge < -0.3 is 20.1 Å². The van der Waals surface area contributed by atoms with Gasteiger partial charge in [0.05, 0.1) is 19.3 Å². The van der Waals surface area contributed by atoms with E-state index in [2.05, 4.69) is 24.5 Å². The van der Waals surface area contributed by atoms with Crippen LogP contribution in [0, 0.1) is 5.92 Å². The first-order valence-electron chi connectivity index (χ1n) is 13.8. The molecular weight excluding hydrogens is 570 g/mol. The SMILES string of the molecule is COc1cc(C2C(C(=O)Nc3ccccc3)=C(C)Nc3nc(SCc4ccccc4Cl)nn32)ccc1OCCC(C)C. The van der Waals surface area contributed by atoms with Gasteiger partial charge in [0.15, 0.2) is 11.5 Å². The molecule has 10 heteroatoms. The molecule has 0 spiro atoms. The van der Waals surface area contributed by atoms with Crippen LogP contribution in [0.5, 0.6) is 11.5 Å². The highest BCUT2D eigenvalue weighted by atomic mass is 35.5. The van der Waals surface area contributed by atoms with Gasteiger partial charge in [-0.1, -0.05) is 79.7 Å². The fraction of sp³-hybridized carbons (Fsp3) is 0.281. The molecule has 3 aromatic carbocycles. The van der Waals surface area contributed by atoms with Gasteiger partial charge in [-0.25, -0.2) is 4.68 Å². The summed E-state index contributed by atoms with van der Waals surface area (Å²) >= 11 is 7.86. The van der Waals surface area contributed by atoms with Crippen molar-refractivity contribution >= 4 is 40.9 Å². The lowest BCUT2D eigenvalue weighted by molar-refractivity contribution is -0.113. The quantitative estimate of drug-likeness (QED) is 0.171. The second-order valence-electron chi connectivity index (χ2n) is 10.4. The first kappa shape index (κ1) is 29.5. The number of thioether (sulfide) groups is 1. The van der Waals surface area contributed by atoms with E-state index in [4.69, 9.17) is 31.2 Å². The van der Waals surface area contributed by atoms with Crippen molar-refractivity contribution < 1.29 is 14.3 Å². The molecule has 4 aromatic rings. The number of anilines is 2. The van der Waals surface area contributed by atoms with E-state index in [0.717, 1.165) is 17.5 Å². The van der Waals surface area contributed by atoms with Gasteiger partial charge in [0.25, 0.3) is 5.91 Å². The monoisotopic (exact) mass is 603 g/mol. The second-order valence-corrected chi connectivity index (χ2v) is 11.7. The van der Waals surface area contributed by atoms with Gasteiger partial charge in [-0.2, -0.15) is 4.98 Å². The second kappa shape index (κ2) is 13.4. The first-order chi connectivity index (χ1) is 20.3. The van der Waals surface area contributed by atoms with Crippen LogP contribution >= 0.6 is 23.4 Å². The largest absolute Gasteiger partial charge is 0.493 e. The molecule has 8 nitrogen and oxygen atoms in total. The molecule has 1 amide bonds. The van der Waals surface area contributed by atoms with Crippen LogP contribution in [0.3, 0.4) is 0 Å². The molecule has 42 heavy (non-hydrogen) atoms. The zero-order valence-corrected chi connectivity index (χ0v) is 25.6. The topological polar surface area (TPSA) is 90.3 Å². The van der Waals surface area contributed by atoms with Crippen molar-refractivity contribution in [2.75, 3.05) is 24.4 Å². The number of nitrogens with one attached hydrogen (secondary N) is 2. The Kier molecular flexibility index (Phi) is 9.39. The molecule has 1 aliphatic rings. The highest BCUT2D eigenvalue weighted by molar-refractivity contribution is 7.98. The Morgan fingerprint density at radius 2 is 1.86 bits per heavy atom. The van der Waals surface area contributed by atoms with Gasteiger partial charge in [0, 0.05) is 22.2 Å². The molecular formula is C32H34ClN5O3S. The lowest BCUT2D eigenvalue weighted by Gasteiger charge is -2.29. The average Bonchev–Trinajstić information content (AvgIpc) is 3.38. The minimum absolute atomic E-state index is 0.237. The van der Waals surface area contributed by atoms with Crippen LogP contribution in [0.15, 0.2) is 89.2 Å². The van der Waals surface area contributed by atoms with Crippen molar-refractivity contribution in [3.05, 3.63) is 100 Å². The van der Waals surface area contributed by atoms with Gasteiger partial charge in [0.1, 0.15) is 6.04 Å². The molecule has 0 fully saturated rings. The van der Waals surface area contributed by atoms with E-state index in [-0.39, 0.29) is 5.91 Å². The van der Waals surface area contributed by atoms with E-state index in [1.54, 1.807) is 11.8 Å². The third kappa shape index (κ3) is 6.74. The average molecular weight is 604 g/mol. The highest BCUT2D eigenvalue weighted by Crippen LogP contribution is 2.40. The highest BCUT2D eigenvalue weighted by Gasteiger charge is 2.35. The van der Waals surface area contributed by atoms with Crippen molar-refractivity contribution in [2.24, 2.45) is 5.92 Å². The molecule has 0 bridgehead atoms. The maximum absolute atomic E-state index is 13.8. The molecule has 2 heterocycles. The summed E-state index contributed by atoms with van der Waals surface area (Å²) in [7, 11) is 1.62. The van der Waals surface area contributed by atoms with Gasteiger partial charge in [-0.15, -0.1) is 5.10 Å². The van der Waals surface area contributed by atoms with Crippen LogP contribution in [0.2, 0.25) is 5.02 Å². The van der Waals surface area contributed by atoms with Gasteiger partial charge >= 0.3 is 0 Å². The Morgan fingerprint density at radius 1 is 1.10 bits per heavy atom. The van der Waals surface area contributed by atoms with Gasteiger partial charge in [0.2, 0.25) is 11.1 Å². The lowest BCUT2D eigenvalue weighted by atomic mass is 9.94. The summed E-state index contributed by atoms with van der Waals surface area (Å²) in [6.45, 7) is 6.79. The fourth-order valence-corrected chi connectivity index (χ4v) is 5.77. The third-order valence-electron chi connectivity index (χ3n) is 6.88. The van der Waals surface area contributed by atoms with Crippen molar-refractivity contribution in [1.82, 2.24) is 14.8 Å². The molecule has 218 valence electrons. The van der Waals surface area contributed by atoms with Crippen molar-refractivity contribution in [3.8, 4) is 11.5 Å². The summed E-state index contributed by atoms with van der Waals surface area (Å²) < 4.78 is 13.5. The number of hydrogen-bond donors (Lipinski definition) is 2. The summed E-state index contributed by atoms with van der Waals surface area (Å²) in [5.41, 5.74) is 3.72. The summed E-state index contributed by atoms with van der Waals surface area (Å²) in [6.07, 6.45) is 0.932. The predicted octanol–water partition coefficient (Wildman–Crippen LogP) is 7.58. The lowest BCUT2D eigenvalue weighted by Crippen LogP contribution is -2.31. The van der Waals surface area contributed by atoms with Crippen LogP contribution in [0.1, 0.15) is 44.4 Å². The number of ether oxygens (including phenoxy) is 2. The summed E-state index contributed by atoms with van der Waals surface area (Å²) in [4.78, 5) is 18.6. The Balaban J connectivity index is 1.50. The summed E-state index contributed by atoms with van der Waals surface area (Å²) in [5.74, 6) is 2.69. The van der Waals surface area contributed by atoms with Crippen molar-refractivity contribution in [3.63, 3.8) is 0 Å². The van der Waals surface area contributed by atoms with Crippen LogP contribution in [-0.4, -0.2) is 34.4 Å². The number of carbonyl (C=O) groups is 1. The Labute approximate surface area is 255 Å². The van der Waals surface area contributed by atoms with Crippen molar-refractivity contribution in [2.45, 2.75) is 44.1 Å². The zero-order chi connectivity index (χ0) is 29.6. The maximum atomic E-state index is 13.8. The number of nitrogens with zero attached hydrogens (tertiary/aromatic N) is 3. The number of rotatable bonds is 11. The van der Waals surface area contributed by atoms with Crippen LogP contribution < -0.4 is 20.1 Å². The number of halogens is 1. The molecule has 1 aliphatic heterocycles. The molecule has 0 saturated heterocycles. The number of carbonyl (C=O) groups excluding carboxylic acids is 1. The van der Waals surface area contributed by atoms with Crippen LogP contribution in [0.25, 0.3) is 0 Å². The minimum Gasteiger partial charge on any atom is -0.493 e. The van der Waals surface area contributed by atoms with E-state index in [9.17, 15) is 4.79 Å². The Morgan fingerprint density at radius 3 is 2.60 bits per heavy atom. The maximum Gasteiger partial charge on any atom is 0.255 e. The minimum atomic E-state index is -0.564. The number of para-hydroxylation sites is 1. The molecule has 0 aliphatic carbocycles. The molecule has 0 saturated carbocycles. The molecule has 1 unspecified atom stereocenters. The summed E-state index contributed by atoms with van der Waals surface area (Å²) in [6, 6.07) is 22.3. The standard InChI is InChI=1S/C32H34ClN5O3S/c1-20(2)16-17-41-26-15-14-22(18-27(26)40-4)29-28(30(39)35-24-11-6-5-7-12-24)21(3)34-31-36-32(37-38(29)31)42-19-23-10-8-9-13-25(23)33/h5-15,18,20,29H,16-17,19H2,1-4H3,(H,35,39)(H,34,36,37). The predicted molar refractivity (Wildman–Crippen MR) is 169 cm³/mol. The summed E-state index contributed by atoms with van der Waals surface area (Å²) in [5, 5.41) is 12.5. The number of fused-ring (bicyclic) bond motifs is 1. The molecule has 1 aromatic heterocycles. The Hall–Kier alpha value is -3.95. The first-order valence-corrected chi connectivity index (χ1v) is 15.2. The third-order valence-corrected chi connectivity index (χ3v) is 8.14. The molecule has 1 atom stereocenters. The van der Waals surface area contributed by atoms with Gasteiger partial charge in [-0.3, -0.25) is 4.79 Å². The number of aromatic nitrogens is 3. The number of hydrogen-bond acceptors (Lipinski definition) is 7. The fourth-order valence-electron chi connectivity index (χ4n) is 4.65. The smallest absolute Gasteiger partial charge is 0.255 e. The van der Waals surface area contributed by atoms with Gasteiger partial charge in [-0.05, 0) is 60.7 Å². The van der Waals surface area contributed by atoms with Crippen LogP contribution in [-0.2, 0) is 10.5 Å². The Bertz CT molecular complexity index is 1590. The normalized spacial score (nSPS) is 14.4. The van der Waals surface area contributed by atoms with E-state index < -0.39 is 6.04 Å². The number of allylic oxidation sites excluding steroid dienone is 1.